The third-order valence-corrected chi connectivity index (χ3v) is 4.12. The molecule has 1 aliphatic heterocycles. The van der Waals surface area contributed by atoms with E-state index in [1.807, 2.05) is 12.1 Å². The highest BCUT2D eigenvalue weighted by molar-refractivity contribution is 6.03. The van der Waals surface area contributed by atoms with Crippen LogP contribution < -0.4 is 15.0 Å². The summed E-state index contributed by atoms with van der Waals surface area (Å²) in [6.45, 7) is 3.23. The Kier molecular flexibility index (Phi) is 3.81. The van der Waals surface area contributed by atoms with E-state index in [1.54, 1.807) is 0 Å². The van der Waals surface area contributed by atoms with Crippen molar-refractivity contribution in [2.24, 2.45) is 0 Å². The van der Waals surface area contributed by atoms with Gasteiger partial charge >= 0.3 is 0 Å². The standard InChI is InChI=1S/C16H22N2O2/c1-2-10-20-14-9-5-8-13-16(14)17-15(19)11-18(13)12-6-3-4-7-12/h5,8-9,12H,2-4,6-7,10-11H2,1H3,(H,17,19). The summed E-state index contributed by atoms with van der Waals surface area (Å²) in [5.74, 6) is 0.859. The molecule has 0 aromatic heterocycles. The molecule has 1 N–H and O–H groups in total. The lowest BCUT2D eigenvalue weighted by Gasteiger charge is -2.36. The first kappa shape index (κ1) is 13.3. The maximum absolute atomic E-state index is 12.0. The summed E-state index contributed by atoms with van der Waals surface area (Å²) in [4.78, 5) is 14.3. The van der Waals surface area contributed by atoms with Crippen LogP contribution in [-0.4, -0.2) is 25.1 Å². The molecule has 3 rings (SSSR count). The van der Waals surface area contributed by atoms with Gasteiger partial charge in [-0.2, -0.15) is 0 Å². The molecule has 0 unspecified atom stereocenters. The Hall–Kier alpha value is -1.71. The van der Waals surface area contributed by atoms with Crippen molar-refractivity contribution in [3.63, 3.8) is 0 Å². The summed E-state index contributed by atoms with van der Waals surface area (Å²) >= 11 is 0. The summed E-state index contributed by atoms with van der Waals surface area (Å²) in [5.41, 5.74) is 1.97. The van der Waals surface area contributed by atoms with E-state index in [0.717, 1.165) is 23.5 Å². The first-order valence-electron chi connectivity index (χ1n) is 7.62. The van der Waals surface area contributed by atoms with Crippen LogP contribution in [0.1, 0.15) is 39.0 Å². The average molecular weight is 274 g/mol. The number of benzene rings is 1. The number of hydrogen-bond donors (Lipinski definition) is 1. The number of amides is 1. The molecule has 20 heavy (non-hydrogen) atoms. The SMILES string of the molecule is CCCOc1cccc2c1NC(=O)CN2C1CCCC1. The molecule has 0 atom stereocenters. The van der Waals surface area contributed by atoms with Crippen LogP contribution in [0.15, 0.2) is 18.2 Å². The molecule has 1 fully saturated rings. The molecule has 1 aromatic carbocycles. The molecular formula is C16H22N2O2. The van der Waals surface area contributed by atoms with E-state index in [1.165, 1.54) is 25.7 Å². The Morgan fingerprint density at radius 1 is 1.35 bits per heavy atom. The van der Waals surface area contributed by atoms with Crippen LogP contribution in [0.2, 0.25) is 0 Å². The third-order valence-electron chi connectivity index (χ3n) is 4.12. The lowest BCUT2D eigenvalue weighted by Crippen LogP contribution is -2.43. The minimum Gasteiger partial charge on any atom is -0.491 e. The van der Waals surface area contributed by atoms with Gasteiger partial charge in [0.25, 0.3) is 0 Å². The van der Waals surface area contributed by atoms with E-state index >= 15 is 0 Å². The second-order valence-electron chi connectivity index (χ2n) is 5.61. The lowest BCUT2D eigenvalue weighted by molar-refractivity contribution is -0.115. The molecule has 4 heteroatoms. The van der Waals surface area contributed by atoms with Gasteiger partial charge in [-0.3, -0.25) is 4.79 Å². The zero-order valence-electron chi connectivity index (χ0n) is 12.0. The van der Waals surface area contributed by atoms with Crippen molar-refractivity contribution in [1.82, 2.24) is 0 Å². The molecule has 108 valence electrons. The summed E-state index contributed by atoms with van der Waals surface area (Å²) < 4.78 is 5.77. The van der Waals surface area contributed by atoms with E-state index in [-0.39, 0.29) is 5.91 Å². The topological polar surface area (TPSA) is 41.6 Å². The van der Waals surface area contributed by atoms with E-state index in [2.05, 4.69) is 23.2 Å². The van der Waals surface area contributed by atoms with Crippen LogP contribution in [-0.2, 0) is 4.79 Å². The van der Waals surface area contributed by atoms with Crippen molar-refractivity contribution >= 4 is 17.3 Å². The van der Waals surface area contributed by atoms with Gasteiger partial charge in [-0.25, -0.2) is 0 Å². The van der Waals surface area contributed by atoms with E-state index in [9.17, 15) is 4.79 Å². The predicted octanol–water partition coefficient (Wildman–Crippen LogP) is 3.18. The van der Waals surface area contributed by atoms with Gasteiger partial charge in [0.2, 0.25) is 5.91 Å². The number of fused-ring (bicyclic) bond motifs is 1. The summed E-state index contributed by atoms with van der Waals surface area (Å²) in [7, 11) is 0. The largest absolute Gasteiger partial charge is 0.491 e. The van der Waals surface area contributed by atoms with Gasteiger partial charge in [0.15, 0.2) is 0 Å². The van der Waals surface area contributed by atoms with Gasteiger partial charge in [0.1, 0.15) is 11.4 Å². The van der Waals surface area contributed by atoms with Gasteiger partial charge in [0.05, 0.1) is 18.8 Å². The Balaban J connectivity index is 1.93. The predicted molar refractivity (Wildman–Crippen MR) is 80.5 cm³/mol. The molecular weight excluding hydrogens is 252 g/mol. The second-order valence-corrected chi connectivity index (χ2v) is 5.61. The molecule has 4 nitrogen and oxygen atoms in total. The molecule has 1 aliphatic carbocycles. The minimum atomic E-state index is 0.0666. The van der Waals surface area contributed by atoms with Gasteiger partial charge in [-0.05, 0) is 31.4 Å². The Morgan fingerprint density at radius 2 is 2.15 bits per heavy atom. The number of carbonyl (C=O) groups is 1. The second kappa shape index (κ2) is 5.73. The van der Waals surface area contributed by atoms with E-state index in [0.29, 0.717) is 19.2 Å². The lowest BCUT2D eigenvalue weighted by atomic mass is 10.1. The van der Waals surface area contributed by atoms with Crippen LogP contribution in [0.4, 0.5) is 11.4 Å². The highest BCUT2D eigenvalue weighted by Gasteiger charge is 2.31. The van der Waals surface area contributed by atoms with Crippen molar-refractivity contribution in [1.29, 1.82) is 0 Å². The van der Waals surface area contributed by atoms with Gasteiger partial charge in [-0.1, -0.05) is 25.8 Å². The zero-order valence-corrected chi connectivity index (χ0v) is 12.0. The van der Waals surface area contributed by atoms with Crippen LogP contribution in [0.5, 0.6) is 5.75 Å². The first-order chi connectivity index (χ1) is 9.79. The molecule has 1 saturated carbocycles. The number of para-hydroxylation sites is 1. The third kappa shape index (κ3) is 2.47. The Morgan fingerprint density at radius 3 is 2.90 bits per heavy atom. The number of anilines is 2. The highest BCUT2D eigenvalue weighted by atomic mass is 16.5. The minimum absolute atomic E-state index is 0.0666. The fraction of sp³-hybridized carbons (Fsp3) is 0.562. The maximum atomic E-state index is 12.0. The molecule has 0 radical (unpaired) electrons. The molecule has 1 amide bonds. The number of rotatable bonds is 4. The van der Waals surface area contributed by atoms with Gasteiger partial charge < -0.3 is 15.0 Å². The number of nitrogens with one attached hydrogen (secondary N) is 1. The van der Waals surface area contributed by atoms with E-state index < -0.39 is 0 Å². The Labute approximate surface area is 120 Å². The summed E-state index contributed by atoms with van der Waals surface area (Å²) in [6, 6.07) is 6.54. The Bertz CT molecular complexity index is 495. The first-order valence-corrected chi connectivity index (χ1v) is 7.62. The average Bonchev–Trinajstić information content (AvgIpc) is 2.98. The van der Waals surface area contributed by atoms with E-state index in [4.69, 9.17) is 4.74 Å². The number of hydrogen-bond acceptors (Lipinski definition) is 3. The molecule has 0 bridgehead atoms. The highest BCUT2D eigenvalue weighted by Crippen LogP contribution is 2.40. The van der Waals surface area contributed by atoms with Gasteiger partial charge in [0, 0.05) is 6.04 Å². The number of nitrogens with zero attached hydrogens (tertiary/aromatic N) is 1. The molecule has 1 aromatic rings. The van der Waals surface area contributed by atoms with Crippen molar-refractivity contribution in [2.75, 3.05) is 23.4 Å². The molecule has 2 aliphatic rings. The van der Waals surface area contributed by atoms with Crippen molar-refractivity contribution in [3.8, 4) is 5.75 Å². The smallest absolute Gasteiger partial charge is 0.244 e. The van der Waals surface area contributed by atoms with Crippen molar-refractivity contribution in [2.45, 2.75) is 45.1 Å². The normalized spacial score (nSPS) is 18.9. The fourth-order valence-corrected chi connectivity index (χ4v) is 3.18. The van der Waals surface area contributed by atoms with Crippen LogP contribution in [0.3, 0.4) is 0 Å². The van der Waals surface area contributed by atoms with Crippen molar-refractivity contribution < 1.29 is 9.53 Å². The van der Waals surface area contributed by atoms with Crippen LogP contribution >= 0.6 is 0 Å². The van der Waals surface area contributed by atoms with Crippen LogP contribution in [0, 0.1) is 0 Å². The zero-order chi connectivity index (χ0) is 13.9. The monoisotopic (exact) mass is 274 g/mol. The number of ether oxygens (including phenoxy) is 1. The van der Waals surface area contributed by atoms with Crippen molar-refractivity contribution in [3.05, 3.63) is 18.2 Å². The van der Waals surface area contributed by atoms with Gasteiger partial charge in [-0.15, -0.1) is 0 Å². The quantitative estimate of drug-likeness (QED) is 0.917. The summed E-state index contributed by atoms with van der Waals surface area (Å²) in [6.07, 6.45) is 5.87. The molecule has 1 heterocycles. The fourth-order valence-electron chi connectivity index (χ4n) is 3.18. The molecule has 0 spiro atoms. The molecule has 0 saturated heterocycles. The summed E-state index contributed by atoms with van der Waals surface area (Å²) in [5, 5.41) is 2.99. The number of carbonyl (C=O) groups excluding carboxylic acids is 1. The van der Waals surface area contributed by atoms with Crippen LogP contribution in [0.25, 0.3) is 0 Å². The maximum Gasteiger partial charge on any atom is 0.244 e.